The molecular weight excluding hydrogens is 330 g/mol. The molecule has 0 aliphatic rings. The number of anilines is 1. The predicted octanol–water partition coefficient (Wildman–Crippen LogP) is 4.35. The van der Waals surface area contributed by atoms with Crippen molar-refractivity contribution in [2.75, 3.05) is 11.6 Å². The maximum atomic E-state index is 4.67. The molecule has 4 aromatic rings. The number of nitrogens with zero attached hydrogens (tertiary/aromatic N) is 3. The fourth-order valence-corrected chi connectivity index (χ4v) is 3.08. The molecule has 0 saturated carbocycles. The fraction of sp³-hybridized carbons (Fsp3) is 0.105. The molecule has 4 rings (SSSR count). The zero-order chi connectivity index (χ0) is 17.1. The van der Waals surface area contributed by atoms with Crippen LogP contribution in [0, 0.1) is 0 Å². The summed E-state index contributed by atoms with van der Waals surface area (Å²) in [5.41, 5.74) is 3.87. The number of H-pyrrole nitrogens is 1. The van der Waals surface area contributed by atoms with E-state index in [1.807, 2.05) is 42.7 Å². The highest BCUT2D eigenvalue weighted by molar-refractivity contribution is 7.98. The van der Waals surface area contributed by atoms with Crippen LogP contribution < -0.4 is 5.32 Å². The zero-order valence-electron chi connectivity index (χ0n) is 13.7. The van der Waals surface area contributed by atoms with E-state index in [1.165, 1.54) is 17.3 Å². The lowest BCUT2D eigenvalue weighted by atomic mass is 10.1. The topological polar surface area (TPSA) is 66.5 Å². The molecule has 25 heavy (non-hydrogen) atoms. The van der Waals surface area contributed by atoms with Crippen LogP contribution in [-0.4, -0.2) is 26.4 Å². The van der Waals surface area contributed by atoms with Gasteiger partial charge in [-0.25, -0.2) is 9.97 Å². The molecule has 124 valence electrons. The van der Waals surface area contributed by atoms with Gasteiger partial charge in [-0.05, 0) is 11.8 Å². The molecule has 0 radical (unpaired) electrons. The monoisotopic (exact) mass is 347 g/mol. The summed E-state index contributed by atoms with van der Waals surface area (Å²) in [4.78, 5) is 9.20. The Bertz CT molecular complexity index is 983. The average molecular weight is 347 g/mol. The lowest BCUT2D eigenvalue weighted by Crippen LogP contribution is -2.03. The first-order valence-corrected chi connectivity index (χ1v) is 9.21. The van der Waals surface area contributed by atoms with Gasteiger partial charge in [0.2, 0.25) is 0 Å². The number of hydrogen-bond donors (Lipinski definition) is 2. The third-order valence-corrected chi connectivity index (χ3v) is 4.49. The Morgan fingerprint density at radius 3 is 2.40 bits per heavy atom. The lowest BCUT2D eigenvalue weighted by Gasteiger charge is -2.09. The molecular formula is C19H17N5S. The molecule has 6 heteroatoms. The predicted molar refractivity (Wildman–Crippen MR) is 103 cm³/mol. The third kappa shape index (κ3) is 3.21. The van der Waals surface area contributed by atoms with Crippen molar-refractivity contribution in [3.05, 3.63) is 66.2 Å². The van der Waals surface area contributed by atoms with Crippen molar-refractivity contribution in [1.82, 2.24) is 20.2 Å². The third-order valence-electron chi connectivity index (χ3n) is 3.94. The van der Waals surface area contributed by atoms with Crippen LogP contribution in [0.3, 0.4) is 0 Å². The van der Waals surface area contributed by atoms with Gasteiger partial charge in [-0.1, -0.05) is 72.4 Å². The summed E-state index contributed by atoms with van der Waals surface area (Å²) in [6, 6.07) is 20.4. The van der Waals surface area contributed by atoms with E-state index in [1.54, 1.807) is 0 Å². The Morgan fingerprint density at radius 2 is 1.68 bits per heavy atom. The first-order valence-electron chi connectivity index (χ1n) is 7.98. The molecule has 0 atom stereocenters. The highest BCUT2D eigenvalue weighted by atomic mass is 32.2. The summed E-state index contributed by atoms with van der Waals surface area (Å²) in [6.45, 7) is 0.695. The molecule has 0 spiro atoms. The minimum Gasteiger partial charge on any atom is -0.365 e. The molecule has 2 heterocycles. The summed E-state index contributed by atoms with van der Waals surface area (Å²) in [6.07, 6.45) is 1.97. The van der Waals surface area contributed by atoms with Crippen LogP contribution in [0.1, 0.15) is 5.56 Å². The second-order valence-corrected chi connectivity index (χ2v) is 6.33. The maximum absolute atomic E-state index is 4.67. The molecule has 0 saturated heterocycles. The molecule has 5 nitrogen and oxygen atoms in total. The van der Waals surface area contributed by atoms with E-state index in [0.29, 0.717) is 17.3 Å². The van der Waals surface area contributed by atoms with Gasteiger partial charge >= 0.3 is 0 Å². The smallest absolute Gasteiger partial charge is 0.191 e. The van der Waals surface area contributed by atoms with E-state index in [-0.39, 0.29) is 0 Å². The number of aromatic amines is 1. The van der Waals surface area contributed by atoms with Crippen LogP contribution in [0.4, 0.5) is 5.82 Å². The SMILES string of the molecule is CSc1nc(NCc2ccccc2)c2c(-c3ccccc3)[nH]nc2n1. The Hall–Kier alpha value is -2.86. The molecule has 2 aromatic carbocycles. The van der Waals surface area contributed by atoms with Gasteiger partial charge in [0.25, 0.3) is 0 Å². The van der Waals surface area contributed by atoms with Gasteiger partial charge in [-0.3, -0.25) is 5.10 Å². The van der Waals surface area contributed by atoms with E-state index in [2.05, 4.69) is 49.7 Å². The number of benzene rings is 2. The van der Waals surface area contributed by atoms with Crippen molar-refractivity contribution in [2.45, 2.75) is 11.7 Å². The van der Waals surface area contributed by atoms with Crippen molar-refractivity contribution >= 4 is 28.6 Å². The highest BCUT2D eigenvalue weighted by Gasteiger charge is 2.16. The van der Waals surface area contributed by atoms with Crippen LogP contribution in [-0.2, 0) is 6.54 Å². The van der Waals surface area contributed by atoms with E-state index in [0.717, 1.165) is 22.5 Å². The van der Waals surface area contributed by atoms with E-state index >= 15 is 0 Å². The van der Waals surface area contributed by atoms with Gasteiger partial charge in [0, 0.05) is 12.1 Å². The highest BCUT2D eigenvalue weighted by Crippen LogP contribution is 2.31. The molecule has 0 bridgehead atoms. The van der Waals surface area contributed by atoms with E-state index in [9.17, 15) is 0 Å². The molecule has 0 aliphatic carbocycles. The van der Waals surface area contributed by atoms with Crippen LogP contribution in [0.25, 0.3) is 22.3 Å². The van der Waals surface area contributed by atoms with Gasteiger partial charge in [0.1, 0.15) is 5.82 Å². The Kier molecular flexibility index (Phi) is 4.35. The minimum absolute atomic E-state index is 0.675. The number of aromatic nitrogens is 4. The largest absolute Gasteiger partial charge is 0.365 e. The molecule has 0 fully saturated rings. The molecule has 2 N–H and O–H groups in total. The van der Waals surface area contributed by atoms with Crippen molar-refractivity contribution in [1.29, 1.82) is 0 Å². The number of rotatable bonds is 5. The summed E-state index contributed by atoms with van der Waals surface area (Å²) < 4.78 is 0. The summed E-state index contributed by atoms with van der Waals surface area (Å²) in [5.74, 6) is 0.797. The van der Waals surface area contributed by atoms with Crippen molar-refractivity contribution in [3.8, 4) is 11.3 Å². The molecule has 0 unspecified atom stereocenters. The van der Waals surface area contributed by atoms with Crippen LogP contribution in [0.5, 0.6) is 0 Å². The quantitative estimate of drug-likeness (QED) is 0.415. The number of nitrogens with one attached hydrogen (secondary N) is 2. The summed E-state index contributed by atoms with van der Waals surface area (Å²) >= 11 is 1.51. The minimum atomic E-state index is 0.675. The van der Waals surface area contributed by atoms with E-state index < -0.39 is 0 Å². The lowest BCUT2D eigenvalue weighted by molar-refractivity contribution is 0.972. The van der Waals surface area contributed by atoms with Crippen LogP contribution in [0.2, 0.25) is 0 Å². The molecule has 0 aliphatic heterocycles. The summed E-state index contributed by atoms with van der Waals surface area (Å²) in [5, 5.41) is 12.6. The van der Waals surface area contributed by atoms with Crippen LogP contribution >= 0.6 is 11.8 Å². The first-order chi connectivity index (χ1) is 12.3. The van der Waals surface area contributed by atoms with Crippen molar-refractivity contribution in [3.63, 3.8) is 0 Å². The molecule has 0 amide bonds. The van der Waals surface area contributed by atoms with Gasteiger partial charge in [0.15, 0.2) is 10.8 Å². The Morgan fingerprint density at radius 1 is 0.960 bits per heavy atom. The van der Waals surface area contributed by atoms with Crippen molar-refractivity contribution < 1.29 is 0 Å². The van der Waals surface area contributed by atoms with E-state index in [4.69, 9.17) is 0 Å². The molecule has 2 aromatic heterocycles. The maximum Gasteiger partial charge on any atom is 0.191 e. The Labute approximate surface area is 149 Å². The van der Waals surface area contributed by atoms with Gasteiger partial charge < -0.3 is 5.32 Å². The number of thioether (sulfide) groups is 1. The second kappa shape index (κ2) is 6.94. The number of fused-ring (bicyclic) bond motifs is 1. The zero-order valence-corrected chi connectivity index (χ0v) is 14.5. The van der Waals surface area contributed by atoms with Crippen LogP contribution in [0.15, 0.2) is 65.8 Å². The number of hydrogen-bond acceptors (Lipinski definition) is 5. The van der Waals surface area contributed by atoms with Gasteiger partial charge in [-0.2, -0.15) is 5.10 Å². The summed E-state index contributed by atoms with van der Waals surface area (Å²) in [7, 11) is 0. The normalized spacial score (nSPS) is 10.9. The van der Waals surface area contributed by atoms with Gasteiger partial charge in [-0.15, -0.1) is 0 Å². The fourth-order valence-electron chi connectivity index (χ4n) is 2.72. The second-order valence-electron chi connectivity index (χ2n) is 5.56. The standard InChI is InChI=1S/C19H17N5S/c1-25-19-21-17(20-12-13-8-4-2-5-9-13)15-16(23-24-18(15)22-19)14-10-6-3-7-11-14/h2-11H,12H2,1H3,(H2,20,21,22,23,24). The average Bonchev–Trinajstić information content (AvgIpc) is 3.11. The van der Waals surface area contributed by atoms with Gasteiger partial charge in [0.05, 0.1) is 11.1 Å². The first kappa shape index (κ1) is 15.7. The Balaban J connectivity index is 1.79. The van der Waals surface area contributed by atoms with Crippen molar-refractivity contribution in [2.24, 2.45) is 0 Å².